The smallest absolute Gasteiger partial charge is 0.225 e. The van der Waals surface area contributed by atoms with E-state index in [9.17, 15) is 0 Å². The number of hydrogen-bond donors (Lipinski definition) is 1. The minimum absolute atomic E-state index is 0.0375. The minimum Gasteiger partial charge on any atom is -0.392 e. The molecule has 17 heavy (non-hydrogen) atoms. The first-order valence-corrected chi connectivity index (χ1v) is 5.32. The Morgan fingerprint density at radius 2 is 1.94 bits per heavy atom. The summed E-state index contributed by atoms with van der Waals surface area (Å²) in [5, 5.41) is 8.90. The maximum atomic E-state index is 8.90. The molecule has 0 spiro atoms. The Bertz CT molecular complexity index is 458. The van der Waals surface area contributed by atoms with Crippen LogP contribution in [-0.2, 0) is 13.2 Å². The predicted molar refractivity (Wildman–Crippen MR) is 64.3 cm³/mol. The summed E-state index contributed by atoms with van der Waals surface area (Å²) in [4.78, 5) is 14.5. The average molecular weight is 230 g/mol. The predicted octanol–water partition coefficient (Wildman–Crippen LogP) is 1.00. The lowest BCUT2D eigenvalue weighted by atomic mass is 10.3. The Labute approximate surface area is 99.8 Å². The molecule has 1 N–H and O–H groups in total. The summed E-state index contributed by atoms with van der Waals surface area (Å²) in [5.41, 5.74) is 1.67. The quantitative estimate of drug-likeness (QED) is 0.849. The van der Waals surface area contributed by atoms with Crippen molar-refractivity contribution in [1.29, 1.82) is 0 Å². The van der Waals surface area contributed by atoms with E-state index < -0.39 is 0 Å². The van der Waals surface area contributed by atoms with Crippen LogP contribution < -0.4 is 4.90 Å². The van der Waals surface area contributed by atoms with E-state index in [4.69, 9.17) is 5.11 Å². The highest BCUT2D eigenvalue weighted by atomic mass is 16.3. The molecule has 2 heterocycles. The van der Waals surface area contributed by atoms with Crippen molar-refractivity contribution in [3.05, 3.63) is 48.0 Å². The van der Waals surface area contributed by atoms with Crippen molar-refractivity contribution in [2.75, 3.05) is 11.9 Å². The lowest BCUT2D eigenvalue weighted by Gasteiger charge is -2.16. The van der Waals surface area contributed by atoms with Crippen LogP contribution in [0, 0.1) is 0 Å². The summed E-state index contributed by atoms with van der Waals surface area (Å²) in [6.07, 6.45) is 5.01. The molecule has 0 atom stereocenters. The van der Waals surface area contributed by atoms with Crippen LogP contribution in [0.25, 0.3) is 0 Å². The number of aromatic nitrogens is 3. The summed E-state index contributed by atoms with van der Waals surface area (Å²) >= 11 is 0. The van der Waals surface area contributed by atoms with Crippen LogP contribution >= 0.6 is 0 Å². The fourth-order valence-electron chi connectivity index (χ4n) is 1.43. The van der Waals surface area contributed by atoms with Gasteiger partial charge >= 0.3 is 0 Å². The maximum Gasteiger partial charge on any atom is 0.225 e. The van der Waals surface area contributed by atoms with E-state index in [0.29, 0.717) is 18.1 Å². The van der Waals surface area contributed by atoms with Crippen molar-refractivity contribution >= 4 is 5.95 Å². The molecule has 2 aromatic heterocycles. The summed E-state index contributed by atoms with van der Waals surface area (Å²) in [6, 6.07) is 5.79. The molecule has 0 aliphatic heterocycles. The van der Waals surface area contributed by atoms with Crippen LogP contribution in [0.4, 0.5) is 5.95 Å². The molecule has 2 rings (SSSR count). The fourth-order valence-corrected chi connectivity index (χ4v) is 1.43. The summed E-state index contributed by atoms with van der Waals surface area (Å²) in [5.74, 6) is 0.618. The molecule has 0 aromatic carbocycles. The Morgan fingerprint density at radius 3 is 2.53 bits per heavy atom. The van der Waals surface area contributed by atoms with E-state index in [1.165, 1.54) is 0 Å². The molecule has 2 aromatic rings. The van der Waals surface area contributed by atoms with Crippen LogP contribution in [0.3, 0.4) is 0 Å². The number of aliphatic hydroxyl groups excluding tert-OH is 1. The number of aliphatic hydroxyl groups is 1. The van der Waals surface area contributed by atoms with Gasteiger partial charge in [-0.05, 0) is 12.1 Å². The van der Waals surface area contributed by atoms with Gasteiger partial charge in [-0.1, -0.05) is 6.07 Å². The van der Waals surface area contributed by atoms with Crippen LogP contribution in [0.5, 0.6) is 0 Å². The van der Waals surface area contributed by atoms with Crippen molar-refractivity contribution < 1.29 is 5.11 Å². The number of nitrogens with zero attached hydrogens (tertiary/aromatic N) is 4. The second-order valence-corrected chi connectivity index (χ2v) is 3.73. The Morgan fingerprint density at radius 1 is 1.18 bits per heavy atom. The van der Waals surface area contributed by atoms with Gasteiger partial charge in [0, 0.05) is 31.2 Å². The van der Waals surface area contributed by atoms with Gasteiger partial charge in [0.2, 0.25) is 5.95 Å². The van der Waals surface area contributed by atoms with Gasteiger partial charge in [0.25, 0.3) is 0 Å². The Hall–Kier alpha value is -2.01. The zero-order chi connectivity index (χ0) is 12.1. The molecule has 0 saturated heterocycles. The molecule has 0 aliphatic carbocycles. The normalized spacial score (nSPS) is 10.2. The minimum atomic E-state index is -0.0375. The van der Waals surface area contributed by atoms with Gasteiger partial charge in [0.1, 0.15) is 0 Å². The highest BCUT2D eigenvalue weighted by molar-refractivity contribution is 5.29. The number of rotatable bonds is 4. The van der Waals surface area contributed by atoms with Crippen molar-refractivity contribution in [3.63, 3.8) is 0 Å². The molecular formula is C12H14N4O. The summed E-state index contributed by atoms with van der Waals surface area (Å²) < 4.78 is 0. The van der Waals surface area contributed by atoms with E-state index in [0.717, 1.165) is 5.69 Å². The molecule has 0 bridgehead atoms. The molecule has 88 valence electrons. The van der Waals surface area contributed by atoms with Gasteiger partial charge in [-0.2, -0.15) is 0 Å². The fraction of sp³-hybridized carbons (Fsp3) is 0.250. The van der Waals surface area contributed by atoms with Crippen molar-refractivity contribution in [1.82, 2.24) is 15.0 Å². The van der Waals surface area contributed by atoms with Crippen molar-refractivity contribution in [2.45, 2.75) is 13.2 Å². The van der Waals surface area contributed by atoms with E-state index in [-0.39, 0.29) is 6.61 Å². The van der Waals surface area contributed by atoms with Gasteiger partial charge < -0.3 is 10.0 Å². The average Bonchev–Trinajstić information content (AvgIpc) is 2.40. The first kappa shape index (κ1) is 11.5. The largest absolute Gasteiger partial charge is 0.392 e. The van der Waals surface area contributed by atoms with Crippen LogP contribution in [0.15, 0.2) is 36.8 Å². The van der Waals surface area contributed by atoms with E-state index >= 15 is 0 Å². The van der Waals surface area contributed by atoms with Gasteiger partial charge in [-0.15, -0.1) is 0 Å². The molecule has 0 aliphatic rings. The monoisotopic (exact) mass is 230 g/mol. The molecule has 0 unspecified atom stereocenters. The molecule has 5 nitrogen and oxygen atoms in total. The van der Waals surface area contributed by atoms with Crippen LogP contribution in [0.2, 0.25) is 0 Å². The topological polar surface area (TPSA) is 62.1 Å². The summed E-state index contributed by atoms with van der Waals surface area (Å²) in [6.45, 7) is 0.615. The van der Waals surface area contributed by atoms with Crippen molar-refractivity contribution in [3.8, 4) is 0 Å². The Balaban J connectivity index is 2.06. The van der Waals surface area contributed by atoms with E-state index in [2.05, 4.69) is 15.0 Å². The number of anilines is 1. The zero-order valence-corrected chi connectivity index (χ0v) is 9.61. The molecule has 0 amide bonds. The molecule has 0 radical (unpaired) electrons. The Kier molecular flexibility index (Phi) is 3.62. The second kappa shape index (κ2) is 5.36. The first-order valence-electron chi connectivity index (χ1n) is 5.32. The SMILES string of the molecule is CN(Cc1ccccn1)c1ncc(CO)cn1. The van der Waals surface area contributed by atoms with Crippen LogP contribution in [-0.4, -0.2) is 27.1 Å². The second-order valence-electron chi connectivity index (χ2n) is 3.73. The van der Waals surface area contributed by atoms with Crippen LogP contribution in [0.1, 0.15) is 11.3 Å². The number of hydrogen-bond acceptors (Lipinski definition) is 5. The molecule has 0 fully saturated rings. The molecular weight excluding hydrogens is 216 g/mol. The number of pyridine rings is 1. The lowest BCUT2D eigenvalue weighted by Crippen LogP contribution is -2.19. The van der Waals surface area contributed by atoms with Gasteiger partial charge in [0.15, 0.2) is 0 Å². The lowest BCUT2D eigenvalue weighted by molar-refractivity contribution is 0.281. The molecule has 5 heteroatoms. The van der Waals surface area contributed by atoms with E-state index in [1.54, 1.807) is 18.6 Å². The molecule has 0 saturated carbocycles. The van der Waals surface area contributed by atoms with Crippen molar-refractivity contribution in [2.24, 2.45) is 0 Å². The first-order chi connectivity index (χ1) is 8.29. The third-order valence-electron chi connectivity index (χ3n) is 2.34. The third kappa shape index (κ3) is 2.98. The highest BCUT2D eigenvalue weighted by Crippen LogP contribution is 2.08. The zero-order valence-electron chi connectivity index (χ0n) is 9.61. The standard InChI is InChI=1S/C12H14N4O/c1-16(8-11-4-2-3-5-13-11)12-14-6-10(9-17)7-15-12/h2-7,17H,8-9H2,1H3. The third-order valence-corrected chi connectivity index (χ3v) is 2.34. The van der Waals surface area contributed by atoms with Gasteiger partial charge in [0.05, 0.1) is 18.8 Å². The summed E-state index contributed by atoms with van der Waals surface area (Å²) in [7, 11) is 1.91. The highest BCUT2D eigenvalue weighted by Gasteiger charge is 2.05. The van der Waals surface area contributed by atoms with Gasteiger partial charge in [-0.3, -0.25) is 4.98 Å². The van der Waals surface area contributed by atoms with E-state index in [1.807, 2.05) is 30.1 Å². The van der Waals surface area contributed by atoms with Gasteiger partial charge in [-0.25, -0.2) is 9.97 Å². The maximum absolute atomic E-state index is 8.90.